The standard InChI is InChI=1S/C18H18F3N3OS/c19-13-3-1-4-14(20)17(13)24-16-6-2-5-15(21)18(16)23(26-24)9-7-12-11-22-8-10-25-12/h1-6,12,22H,7-11H2/t12-/m1/s1. The molecule has 4 nitrogen and oxygen atoms in total. The predicted octanol–water partition coefficient (Wildman–Crippen LogP) is 4.00. The lowest BCUT2D eigenvalue weighted by molar-refractivity contribution is 0.0254. The monoisotopic (exact) mass is 381 g/mol. The van der Waals surface area contributed by atoms with Gasteiger partial charge in [-0.2, -0.15) is 0 Å². The number of benzene rings is 2. The summed E-state index contributed by atoms with van der Waals surface area (Å²) < 4.78 is 51.8. The molecule has 0 aliphatic carbocycles. The molecule has 1 N–H and O–H groups in total. The van der Waals surface area contributed by atoms with Crippen LogP contribution in [0.5, 0.6) is 0 Å². The fourth-order valence-corrected chi connectivity index (χ4v) is 4.30. The van der Waals surface area contributed by atoms with Crippen molar-refractivity contribution in [1.82, 2.24) is 5.32 Å². The van der Waals surface area contributed by atoms with Crippen LogP contribution in [0.15, 0.2) is 36.4 Å². The first kappa shape index (κ1) is 17.5. The Labute approximate surface area is 154 Å². The van der Waals surface area contributed by atoms with E-state index >= 15 is 0 Å². The number of halogens is 3. The lowest BCUT2D eigenvalue weighted by atomic mass is 10.2. The molecule has 0 saturated carbocycles. The van der Waals surface area contributed by atoms with E-state index in [1.54, 1.807) is 10.4 Å². The number of ether oxygens (including phenoxy) is 1. The van der Waals surface area contributed by atoms with Crippen molar-refractivity contribution >= 4 is 29.2 Å². The molecule has 0 aromatic heterocycles. The second-order valence-corrected chi connectivity index (χ2v) is 7.11. The van der Waals surface area contributed by atoms with Crippen molar-refractivity contribution < 1.29 is 17.9 Å². The second-order valence-electron chi connectivity index (χ2n) is 6.14. The van der Waals surface area contributed by atoms with Gasteiger partial charge in [0, 0.05) is 19.6 Å². The molecular formula is C18H18F3N3OS. The van der Waals surface area contributed by atoms with Crippen LogP contribution in [0.25, 0.3) is 0 Å². The summed E-state index contributed by atoms with van der Waals surface area (Å²) in [5.41, 5.74) is 0.577. The Morgan fingerprint density at radius 3 is 2.42 bits per heavy atom. The molecule has 2 aromatic rings. The van der Waals surface area contributed by atoms with Gasteiger partial charge in [-0.25, -0.2) is 13.2 Å². The van der Waals surface area contributed by atoms with Crippen LogP contribution in [0, 0.1) is 17.5 Å². The highest BCUT2D eigenvalue weighted by Gasteiger charge is 2.34. The molecule has 2 heterocycles. The van der Waals surface area contributed by atoms with Crippen molar-refractivity contribution in [2.75, 3.05) is 34.9 Å². The Morgan fingerprint density at radius 2 is 1.73 bits per heavy atom. The van der Waals surface area contributed by atoms with Gasteiger partial charge in [0.25, 0.3) is 0 Å². The van der Waals surface area contributed by atoms with E-state index < -0.39 is 17.5 Å². The Hall–Kier alpha value is -1.90. The molecule has 2 aliphatic rings. The van der Waals surface area contributed by atoms with Crippen LogP contribution >= 0.6 is 12.1 Å². The lowest BCUT2D eigenvalue weighted by Gasteiger charge is -2.26. The number of hydrogen-bond donors (Lipinski definition) is 1. The van der Waals surface area contributed by atoms with Crippen LogP contribution in [-0.2, 0) is 4.74 Å². The van der Waals surface area contributed by atoms with Gasteiger partial charge >= 0.3 is 0 Å². The summed E-state index contributed by atoms with van der Waals surface area (Å²) in [6.07, 6.45) is 0.722. The first-order chi connectivity index (χ1) is 12.6. The fourth-order valence-electron chi connectivity index (χ4n) is 3.16. The predicted molar refractivity (Wildman–Crippen MR) is 97.1 cm³/mol. The molecule has 1 fully saturated rings. The van der Waals surface area contributed by atoms with Crippen molar-refractivity contribution in [3.05, 3.63) is 53.8 Å². The highest BCUT2D eigenvalue weighted by molar-refractivity contribution is 8.02. The van der Waals surface area contributed by atoms with E-state index in [0.717, 1.165) is 25.2 Å². The molecule has 0 bridgehead atoms. The first-order valence-electron chi connectivity index (χ1n) is 8.46. The van der Waals surface area contributed by atoms with Crippen LogP contribution in [0.3, 0.4) is 0 Å². The van der Waals surface area contributed by atoms with E-state index in [9.17, 15) is 13.2 Å². The number of para-hydroxylation sites is 2. The minimum atomic E-state index is -0.686. The number of morpholine rings is 1. The van der Waals surface area contributed by atoms with Crippen molar-refractivity contribution in [2.45, 2.75) is 12.5 Å². The van der Waals surface area contributed by atoms with E-state index in [0.29, 0.717) is 30.9 Å². The third kappa shape index (κ3) is 3.24. The van der Waals surface area contributed by atoms with Crippen molar-refractivity contribution in [3.8, 4) is 0 Å². The normalized spacial score (nSPS) is 19.7. The highest BCUT2D eigenvalue weighted by Crippen LogP contribution is 2.51. The van der Waals surface area contributed by atoms with Gasteiger partial charge in [0.2, 0.25) is 0 Å². The fraction of sp³-hybridized carbons (Fsp3) is 0.333. The topological polar surface area (TPSA) is 27.7 Å². The maximum Gasteiger partial charge on any atom is 0.150 e. The minimum absolute atomic E-state index is 0.0406. The number of nitrogens with one attached hydrogen (secondary N) is 1. The van der Waals surface area contributed by atoms with E-state index in [1.807, 2.05) is 0 Å². The minimum Gasteiger partial charge on any atom is -0.376 e. The Bertz CT molecular complexity index is 781. The number of fused-ring (bicyclic) bond motifs is 1. The molecule has 2 aromatic carbocycles. The molecular weight excluding hydrogens is 363 g/mol. The number of anilines is 3. The number of hydrogen-bond acceptors (Lipinski definition) is 5. The van der Waals surface area contributed by atoms with Gasteiger partial charge in [0.05, 0.1) is 30.5 Å². The summed E-state index contributed by atoms with van der Waals surface area (Å²) >= 11 is 1.09. The van der Waals surface area contributed by atoms with E-state index in [1.165, 1.54) is 34.6 Å². The molecule has 8 heteroatoms. The van der Waals surface area contributed by atoms with Gasteiger partial charge in [-0.15, -0.1) is 0 Å². The summed E-state index contributed by atoms with van der Waals surface area (Å²) in [7, 11) is 0. The third-order valence-electron chi connectivity index (χ3n) is 4.41. The third-order valence-corrected chi connectivity index (χ3v) is 5.52. The zero-order chi connectivity index (χ0) is 18.1. The van der Waals surface area contributed by atoms with Gasteiger partial charge in [0.1, 0.15) is 17.2 Å². The summed E-state index contributed by atoms with van der Waals surface area (Å²) in [6, 6.07) is 8.26. The summed E-state index contributed by atoms with van der Waals surface area (Å²) in [5.74, 6) is -1.79. The van der Waals surface area contributed by atoms with Crippen LogP contribution in [0.4, 0.5) is 30.2 Å². The summed E-state index contributed by atoms with van der Waals surface area (Å²) in [5, 5.41) is 3.26. The molecule has 1 saturated heterocycles. The number of nitrogens with zero attached hydrogens (tertiary/aromatic N) is 2. The van der Waals surface area contributed by atoms with Crippen molar-refractivity contribution in [1.29, 1.82) is 0 Å². The van der Waals surface area contributed by atoms with Gasteiger partial charge in [-0.3, -0.25) is 8.61 Å². The molecule has 138 valence electrons. The molecule has 2 aliphatic heterocycles. The second kappa shape index (κ2) is 7.38. The lowest BCUT2D eigenvalue weighted by Crippen LogP contribution is -2.39. The molecule has 0 radical (unpaired) electrons. The van der Waals surface area contributed by atoms with E-state index in [2.05, 4.69) is 5.32 Å². The van der Waals surface area contributed by atoms with Gasteiger partial charge in [-0.05, 0) is 30.7 Å². The first-order valence-corrected chi connectivity index (χ1v) is 9.19. The molecule has 1 atom stereocenters. The van der Waals surface area contributed by atoms with Crippen LogP contribution in [0.1, 0.15) is 6.42 Å². The van der Waals surface area contributed by atoms with Crippen molar-refractivity contribution in [2.24, 2.45) is 0 Å². The quantitative estimate of drug-likeness (QED) is 0.808. The maximum absolute atomic E-state index is 14.5. The van der Waals surface area contributed by atoms with Gasteiger partial charge < -0.3 is 10.1 Å². The molecule has 26 heavy (non-hydrogen) atoms. The zero-order valence-electron chi connectivity index (χ0n) is 13.9. The Balaban J connectivity index is 1.62. The zero-order valence-corrected chi connectivity index (χ0v) is 14.7. The molecule has 0 unspecified atom stereocenters. The number of rotatable bonds is 4. The van der Waals surface area contributed by atoms with E-state index in [-0.39, 0.29) is 11.8 Å². The van der Waals surface area contributed by atoms with Crippen LogP contribution in [-0.4, -0.2) is 32.3 Å². The maximum atomic E-state index is 14.5. The largest absolute Gasteiger partial charge is 0.376 e. The summed E-state index contributed by atoms with van der Waals surface area (Å²) in [6.45, 7) is 2.72. The van der Waals surface area contributed by atoms with E-state index in [4.69, 9.17) is 4.74 Å². The van der Waals surface area contributed by atoms with Gasteiger partial charge in [0.15, 0.2) is 11.6 Å². The van der Waals surface area contributed by atoms with Crippen LogP contribution < -0.4 is 13.9 Å². The molecule has 0 spiro atoms. The average Bonchev–Trinajstić information content (AvgIpc) is 3.01. The Morgan fingerprint density at radius 1 is 1.04 bits per heavy atom. The smallest absolute Gasteiger partial charge is 0.150 e. The van der Waals surface area contributed by atoms with Crippen molar-refractivity contribution in [3.63, 3.8) is 0 Å². The Kier molecular flexibility index (Phi) is 4.97. The molecule has 0 amide bonds. The average molecular weight is 381 g/mol. The highest BCUT2D eigenvalue weighted by atomic mass is 32.2. The summed E-state index contributed by atoms with van der Waals surface area (Å²) in [4.78, 5) is 0. The van der Waals surface area contributed by atoms with Crippen LogP contribution in [0.2, 0.25) is 0 Å². The van der Waals surface area contributed by atoms with Gasteiger partial charge in [-0.1, -0.05) is 12.1 Å². The SMILES string of the molecule is Fc1cccc2c1N(CC[C@@H]1CNCCO1)SN2c1c(F)cccc1F. The molecule has 4 rings (SSSR count).